The van der Waals surface area contributed by atoms with E-state index in [1.165, 1.54) is 25.7 Å². The summed E-state index contributed by atoms with van der Waals surface area (Å²) in [6, 6.07) is 1.32. The first-order valence-electron chi connectivity index (χ1n) is 8.12. The van der Waals surface area contributed by atoms with E-state index in [1.807, 2.05) is 0 Å². The second-order valence-corrected chi connectivity index (χ2v) is 8.14. The summed E-state index contributed by atoms with van der Waals surface area (Å²) < 4.78 is 0. The van der Waals surface area contributed by atoms with E-state index in [4.69, 9.17) is 0 Å². The molecule has 0 aromatic carbocycles. The molecule has 3 atom stereocenters. The van der Waals surface area contributed by atoms with Gasteiger partial charge in [0.1, 0.15) is 0 Å². The van der Waals surface area contributed by atoms with Gasteiger partial charge < -0.3 is 10.2 Å². The molecule has 0 aromatic heterocycles. The molecular formula is C17H36N2. The SMILES string of the molecule is CC(C)C(CN(C)C)NC1CCCCC1C(C)(C)C. The van der Waals surface area contributed by atoms with E-state index in [2.05, 4.69) is 58.9 Å². The first kappa shape index (κ1) is 17.0. The fraction of sp³-hybridized carbons (Fsp3) is 1.00. The van der Waals surface area contributed by atoms with Gasteiger partial charge in [-0.2, -0.15) is 0 Å². The van der Waals surface area contributed by atoms with Crippen LogP contribution in [-0.4, -0.2) is 37.6 Å². The molecule has 114 valence electrons. The van der Waals surface area contributed by atoms with E-state index in [9.17, 15) is 0 Å². The lowest BCUT2D eigenvalue weighted by Gasteiger charge is -2.43. The van der Waals surface area contributed by atoms with Crippen molar-refractivity contribution >= 4 is 0 Å². The minimum atomic E-state index is 0.428. The monoisotopic (exact) mass is 268 g/mol. The number of nitrogens with zero attached hydrogens (tertiary/aromatic N) is 1. The van der Waals surface area contributed by atoms with E-state index in [-0.39, 0.29) is 0 Å². The molecule has 0 heterocycles. The molecule has 3 unspecified atom stereocenters. The van der Waals surface area contributed by atoms with Crippen LogP contribution in [0.5, 0.6) is 0 Å². The van der Waals surface area contributed by atoms with Crippen LogP contribution in [0.4, 0.5) is 0 Å². The highest BCUT2D eigenvalue weighted by Crippen LogP contribution is 2.38. The van der Waals surface area contributed by atoms with E-state index in [0.29, 0.717) is 23.4 Å². The normalized spacial score (nSPS) is 27.0. The zero-order valence-electron chi connectivity index (χ0n) is 14.3. The third kappa shape index (κ3) is 5.43. The minimum Gasteiger partial charge on any atom is -0.309 e. The van der Waals surface area contributed by atoms with Gasteiger partial charge in [-0.15, -0.1) is 0 Å². The highest BCUT2D eigenvalue weighted by Gasteiger charge is 2.35. The Hall–Kier alpha value is -0.0800. The molecule has 2 heteroatoms. The van der Waals surface area contributed by atoms with Crippen LogP contribution in [0.2, 0.25) is 0 Å². The lowest BCUT2D eigenvalue weighted by molar-refractivity contribution is 0.112. The summed E-state index contributed by atoms with van der Waals surface area (Å²) in [5, 5.41) is 4.00. The molecule has 0 aromatic rings. The molecule has 0 spiro atoms. The van der Waals surface area contributed by atoms with Gasteiger partial charge >= 0.3 is 0 Å². The summed E-state index contributed by atoms with van der Waals surface area (Å²) in [7, 11) is 4.36. The lowest BCUT2D eigenvalue weighted by Crippen LogP contribution is -2.52. The number of nitrogens with one attached hydrogen (secondary N) is 1. The maximum absolute atomic E-state index is 4.00. The van der Waals surface area contributed by atoms with Gasteiger partial charge in [-0.05, 0) is 44.2 Å². The second-order valence-electron chi connectivity index (χ2n) is 8.14. The summed E-state index contributed by atoms with van der Waals surface area (Å²) in [5.74, 6) is 1.52. The molecule has 0 bridgehead atoms. The first-order valence-corrected chi connectivity index (χ1v) is 8.12. The van der Waals surface area contributed by atoms with Crippen molar-refractivity contribution in [1.29, 1.82) is 0 Å². The quantitative estimate of drug-likeness (QED) is 0.816. The van der Waals surface area contributed by atoms with Crippen molar-refractivity contribution in [2.45, 2.75) is 72.4 Å². The van der Waals surface area contributed by atoms with Gasteiger partial charge in [0.15, 0.2) is 0 Å². The van der Waals surface area contributed by atoms with Crippen molar-refractivity contribution in [1.82, 2.24) is 10.2 Å². The average Bonchev–Trinajstić information content (AvgIpc) is 2.26. The number of likely N-dealkylation sites (N-methyl/N-ethyl adjacent to an activating group) is 1. The van der Waals surface area contributed by atoms with Gasteiger partial charge in [-0.3, -0.25) is 0 Å². The largest absolute Gasteiger partial charge is 0.309 e. The van der Waals surface area contributed by atoms with Crippen molar-refractivity contribution in [2.24, 2.45) is 17.3 Å². The van der Waals surface area contributed by atoms with Gasteiger partial charge in [0.2, 0.25) is 0 Å². The van der Waals surface area contributed by atoms with Crippen LogP contribution in [0.15, 0.2) is 0 Å². The average molecular weight is 268 g/mol. The molecular weight excluding hydrogens is 232 g/mol. The summed E-state index contributed by atoms with van der Waals surface area (Å²) >= 11 is 0. The smallest absolute Gasteiger partial charge is 0.0220 e. The summed E-state index contributed by atoms with van der Waals surface area (Å²) in [6.45, 7) is 13.1. The van der Waals surface area contributed by atoms with E-state index in [0.717, 1.165) is 12.5 Å². The van der Waals surface area contributed by atoms with Crippen molar-refractivity contribution in [2.75, 3.05) is 20.6 Å². The summed E-state index contributed by atoms with van der Waals surface area (Å²) in [4.78, 5) is 2.31. The Kier molecular flexibility index (Phi) is 6.32. The maximum Gasteiger partial charge on any atom is 0.0220 e. The first-order chi connectivity index (χ1) is 8.71. The zero-order chi connectivity index (χ0) is 14.6. The van der Waals surface area contributed by atoms with Crippen molar-refractivity contribution in [3.8, 4) is 0 Å². The summed E-state index contributed by atoms with van der Waals surface area (Å²) in [6.07, 6.45) is 5.57. The number of hydrogen-bond acceptors (Lipinski definition) is 2. The molecule has 1 fully saturated rings. The molecule has 1 aliphatic carbocycles. The van der Waals surface area contributed by atoms with Crippen LogP contribution in [0, 0.1) is 17.3 Å². The van der Waals surface area contributed by atoms with Crippen LogP contribution >= 0.6 is 0 Å². The Bertz CT molecular complexity index is 252. The van der Waals surface area contributed by atoms with Crippen molar-refractivity contribution in [3.63, 3.8) is 0 Å². The van der Waals surface area contributed by atoms with Crippen molar-refractivity contribution in [3.05, 3.63) is 0 Å². The molecule has 19 heavy (non-hydrogen) atoms. The van der Waals surface area contributed by atoms with Gasteiger partial charge in [-0.25, -0.2) is 0 Å². The highest BCUT2D eigenvalue weighted by molar-refractivity contribution is 4.91. The number of rotatable bonds is 5. The molecule has 1 saturated carbocycles. The third-order valence-electron chi connectivity index (χ3n) is 4.67. The molecule has 1 rings (SSSR count). The Labute approximate surface area is 121 Å². The predicted molar refractivity (Wildman–Crippen MR) is 85.5 cm³/mol. The van der Waals surface area contributed by atoms with Crippen LogP contribution in [0.1, 0.15) is 60.3 Å². The second kappa shape index (κ2) is 7.08. The molecule has 0 saturated heterocycles. The van der Waals surface area contributed by atoms with Crippen LogP contribution < -0.4 is 5.32 Å². The minimum absolute atomic E-state index is 0.428. The lowest BCUT2D eigenvalue weighted by atomic mass is 9.69. The Morgan fingerprint density at radius 1 is 1.11 bits per heavy atom. The van der Waals surface area contributed by atoms with Crippen LogP contribution in [0.3, 0.4) is 0 Å². The maximum atomic E-state index is 4.00. The van der Waals surface area contributed by atoms with Gasteiger partial charge in [0.25, 0.3) is 0 Å². The predicted octanol–water partition coefficient (Wildman–Crippen LogP) is 3.77. The van der Waals surface area contributed by atoms with Gasteiger partial charge in [0, 0.05) is 18.6 Å². The topological polar surface area (TPSA) is 15.3 Å². The van der Waals surface area contributed by atoms with Gasteiger partial charge in [0.05, 0.1) is 0 Å². The highest BCUT2D eigenvalue weighted by atomic mass is 15.1. The van der Waals surface area contributed by atoms with Gasteiger partial charge in [-0.1, -0.05) is 47.5 Å². The Balaban J connectivity index is 2.69. The molecule has 0 aliphatic heterocycles. The molecule has 1 N–H and O–H groups in total. The van der Waals surface area contributed by atoms with E-state index in [1.54, 1.807) is 0 Å². The Morgan fingerprint density at radius 3 is 2.16 bits per heavy atom. The zero-order valence-corrected chi connectivity index (χ0v) is 14.3. The van der Waals surface area contributed by atoms with Crippen LogP contribution in [0.25, 0.3) is 0 Å². The standard InChI is InChI=1S/C17H36N2/c1-13(2)16(12-19(6)7)18-15-11-9-8-10-14(15)17(3,4)5/h13-16,18H,8-12H2,1-7H3. The van der Waals surface area contributed by atoms with E-state index >= 15 is 0 Å². The molecule has 0 amide bonds. The molecule has 1 aliphatic rings. The fourth-order valence-electron chi connectivity index (χ4n) is 3.49. The van der Waals surface area contributed by atoms with E-state index < -0.39 is 0 Å². The molecule has 0 radical (unpaired) electrons. The van der Waals surface area contributed by atoms with Crippen molar-refractivity contribution < 1.29 is 0 Å². The third-order valence-corrected chi connectivity index (χ3v) is 4.67. The van der Waals surface area contributed by atoms with Crippen LogP contribution in [-0.2, 0) is 0 Å². The number of hydrogen-bond donors (Lipinski definition) is 1. The summed E-state index contributed by atoms with van der Waals surface area (Å²) in [5.41, 5.74) is 0.428. The molecule has 2 nitrogen and oxygen atoms in total. The fourth-order valence-corrected chi connectivity index (χ4v) is 3.49. The Morgan fingerprint density at radius 2 is 1.68 bits per heavy atom.